The lowest BCUT2D eigenvalue weighted by molar-refractivity contribution is -0.108. The highest BCUT2D eigenvalue weighted by molar-refractivity contribution is 6.48. The van der Waals surface area contributed by atoms with E-state index in [2.05, 4.69) is 27.7 Å². The fraction of sp³-hybridized carbons (Fsp3) is 0.941. The van der Waals surface area contributed by atoms with Crippen LogP contribution < -0.4 is 0 Å². The van der Waals surface area contributed by atoms with Gasteiger partial charge in [-0.15, -0.1) is 0 Å². The summed E-state index contributed by atoms with van der Waals surface area (Å²) in [6.45, 7) is 16.4. The van der Waals surface area contributed by atoms with Crippen molar-refractivity contribution in [3.8, 4) is 0 Å². The standard InChI is InChI=1S/C17H30BNO5/c1-14(2,3)22-13(20)19-8-12(17(9-19)10-21-11-17)18-23-15(4,5)16(6,7)24-18/h12H,8-11H2,1-7H3. The van der Waals surface area contributed by atoms with Gasteiger partial charge in [0.05, 0.1) is 24.4 Å². The number of hydrogen-bond acceptors (Lipinski definition) is 5. The molecule has 1 atom stereocenters. The molecule has 0 aromatic carbocycles. The van der Waals surface area contributed by atoms with Gasteiger partial charge in [0, 0.05) is 24.3 Å². The zero-order valence-corrected chi connectivity index (χ0v) is 16.0. The second-order valence-corrected chi connectivity index (χ2v) is 9.45. The van der Waals surface area contributed by atoms with Gasteiger partial charge in [-0.05, 0) is 48.5 Å². The summed E-state index contributed by atoms with van der Waals surface area (Å²) in [4.78, 5) is 14.3. The number of amides is 1. The van der Waals surface area contributed by atoms with Crippen LogP contribution in [0.2, 0.25) is 5.82 Å². The van der Waals surface area contributed by atoms with Crippen LogP contribution in [0, 0.1) is 5.41 Å². The van der Waals surface area contributed by atoms with Crippen molar-refractivity contribution in [3.05, 3.63) is 0 Å². The van der Waals surface area contributed by atoms with Gasteiger partial charge in [0.2, 0.25) is 0 Å². The van der Waals surface area contributed by atoms with E-state index in [1.807, 2.05) is 20.8 Å². The predicted molar refractivity (Wildman–Crippen MR) is 90.9 cm³/mol. The molecule has 7 heteroatoms. The number of nitrogens with zero attached hydrogens (tertiary/aromatic N) is 1. The molecule has 3 heterocycles. The Hall–Kier alpha value is -0.785. The number of rotatable bonds is 1. The van der Waals surface area contributed by atoms with Gasteiger partial charge in [-0.2, -0.15) is 0 Å². The van der Waals surface area contributed by atoms with E-state index in [9.17, 15) is 4.79 Å². The summed E-state index contributed by atoms with van der Waals surface area (Å²) in [5.74, 6) is 0.0971. The van der Waals surface area contributed by atoms with Gasteiger partial charge in [0.15, 0.2) is 0 Å². The van der Waals surface area contributed by atoms with Crippen molar-refractivity contribution in [2.45, 2.75) is 71.1 Å². The fourth-order valence-electron chi connectivity index (χ4n) is 3.56. The first-order valence-electron chi connectivity index (χ1n) is 8.77. The average Bonchev–Trinajstić information content (AvgIpc) is 2.83. The molecule has 3 saturated heterocycles. The van der Waals surface area contributed by atoms with Gasteiger partial charge in [0.1, 0.15) is 5.60 Å². The quantitative estimate of drug-likeness (QED) is 0.688. The molecule has 0 N–H and O–H groups in total. The number of ether oxygens (including phenoxy) is 2. The Morgan fingerprint density at radius 2 is 1.67 bits per heavy atom. The maximum absolute atomic E-state index is 12.5. The molecule has 0 saturated carbocycles. The lowest BCUT2D eigenvalue weighted by Crippen LogP contribution is -2.51. The Balaban J connectivity index is 1.75. The van der Waals surface area contributed by atoms with Gasteiger partial charge in [-0.3, -0.25) is 0 Å². The molecule has 1 unspecified atom stereocenters. The highest BCUT2D eigenvalue weighted by Crippen LogP contribution is 2.52. The largest absolute Gasteiger partial charge is 0.463 e. The Morgan fingerprint density at radius 1 is 1.12 bits per heavy atom. The van der Waals surface area contributed by atoms with Crippen LogP contribution in [0.15, 0.2) is 0 Å². The summed E-state index contributed by atoms with van der Waals surface area (Å²) in [7, 11) is -0.327. The molecule has 1 amide bonds. The van der Waals surface area contributed by atoms with E-state index in [0.717, 1.165) is 0 Å². The monoisotopic (exact) mass is 339 g/mol. The zero-order valence-electron chi connectivity index (χ0n) is 16.0. The van der Waals surface area contributed by atoms with Crippen molar-refractivity contribution < 1.29 is 23.6 Å². The Labute approximate surface area is 145 Å². The Morgan fingerprint density at radius 3 is 2.08 bits per heavy atom. The predicted octanol–water partition coefficient (Wildman–Crippen LogP) is 2.72. The van der Waals surface area contributed by atoms with E-state index < -0.39 is 5.60 Å². The van der Waals surface area contributed by atoms with Crippen molar-refractivity contribution >= 4 is 13.2 Å². The van der Waals surface area contributed by atoms with E-state index in [1.54, 1.807) is 4.90 Å². The first kappa shape index (κ1) is 18.0. The number of carbonyl (C=O) groups excluding carboxylic acids is 1. The fourth-order valence-corrected chi connectivity index (χ4v) is 3.56. The minimum Gasteiger partial charge on any atom is -0.444 e. The smallest absolute Gasteiger partial charge is 0.444 e. The van der Waals surface area contributed by atoms with E-state index in [4.69, 9.17) is 18.8 Å². The van der Waals surface area contributed by atoms with E-state index >= 15 is 0 Å². The van der Waals surface area contributed by atoms with Gasteiger partial charge < -0.3 is 23.7 Å². The van der Waals surface area contributed by atoms with Crippen LogP contribution in [-0.2, 0) is 18.8 Å². The van der Waals surface area contributed by atoms with Crippen molar-refractivity contribution in [2.75, 3.05) is 26.3 Å². The summed E-state index contributed by atoms with van der Waals surface area (Å²) in [6, 6.07) is 0. The third kappa shape index (κ3) is 2.95. The molecular weight excluding hydrogens is 309 g/mol. The minimum absolute atomic E-state index is 0.0852. The van der Waals surface area contributed by atoms with Crippen LogP contribution in [0.3, 0.4) is 0 Å². The molecule has 0 radical (unpaired) electrons. The first-order chi connectivity index (χ1) is 10.9. The number of hydrogen-bond donors (Lipinski definition) is 0. The molecule has 3 aliphatic heterocycles. The first-order valence-corrected chi connectivity index (χ1v) is 8.77. The zero-order chi connectivity index (χ0) is 18.0. The van der Waals surface area contributed by atoms with Crippen molar-refractivity contribution in [2.24, 2.45) is 5.41 Å². The van der Waals surface area contributed by atoms with Gasteiger partial charge >= 0.3 is 13.2 Å². The van der Waals surface area contributed by atoms with Crippen LogP contribution in [0.25, 0.3) is 0 Å². The molecule has 136 valence electrons. The third-order valence-corrected chi connectivity index (χ3v) is 5.74. The summed E-state index contributed by atoms with van der Waals surface area (Å²) in [6.07, 6.45) is -0.271. The summed E-state index contributed by atoms with van der Waals surface area (Å²) in [5.41, 5.74) is -1.33. The number of likely N-dealkylation sites (tertiary alicyclic amines) is 1. The highest BCUT2D eigenvalue weighted by atomic mass is 16.7. The number of carbonyl (C=O) groups is 1. The second kappa shape index (κ2) is 5.35. The van der Waals surface area contributed by atoms with Crippen LogP contribution in [0.1, 0.15) is 48.5 Å². The molecule has 0 bridgehead atoms. The van der Waals surface area contributed by atoms with E-state index in [-0.39, 0.29) is 35.6 Å². The topological polar surface area (TPSA) is 57.2 Å². The summed E-state index contributed by atoms with van der Waals surface area (Å²) < 4.78 is 23.5. The van der Waals surface area contributed by atoms with Crippen molar-refractivity contribution in [1.82, 2.24) is 4.90 Å². The molecule has 24 heavy (non-hydrogen) atoms. The van der Waals surface area contributed by atoms with Gasteiger partial charge in [-0.1, -0.05) is 0 Å². The summed E-state index contributed by atoms with van der Waals surface area (Å²) in [5, 5.41) is 0. The highest BCUT2D eigenvalue weighted by Gasteiger charge is 2.64. The molecule has 0 aromatic rings. The van der Waals surface area contributed by atoms with Crippen LogP contribution in [0.5, 0.6) is 0 Å². The van der Waals surface area contributed by atoms with Gasteiger partial charge in [-0.25, -0.2) is 4.79 Å². The van der Waals surface area contributed by atoms with E-state index in [1.165, 1.54) is 0 Å². The molecule has 1 spiro atoms. The van der Waals surface area contributed by atoms with Crippen molar-refractivity contribution in [3.63, 3.8) is 0 Å². The van der Waals surface area contributed by atoms with Crippen LogP contribution in [0.4, 0.5) is 4.79 Å². The molecule has 0 aromatic heterocycles. The Bertz CT molecular complexity index is 508. The SMILES string of the molecule is CC(C)(C)OC(=O)N1CC(B2OC(C)(C)C(C)(C)O2)C2(COC2)C1. The normalized spacial score (nSPS) is 30.5. The second-order valence-electron chi connectivity index (χ2n) is 9.45. The van der Waals surface area contributed by atoms with Gasteiger partial charge in [0.25, 0.3) is 0 Å². The van der Waals surface area contributed by atoms with E-state index in [0.29, 0.717) is 26.3 Å². The molecule has 3 fully saturated rings. The Kier molecular flexibility index (Phi) is 4.02. The molecule has 0 aliphatic carbocycles. The van der Waals surface area contributed by atoms with Crippen molar-refractivity contribution in [1.29, 1.82) is 0 Å². The summed E-state index contributed by atoms with van der Waals surface area (Å²) >= 11 is 0. The minimum atomic E-state index is -0.497. The average molecular weight is 339 g/mol. The maximum Gasteiger partial charge on any atom is 0.463 e. The molecule has 3 aliphatic rings. The van der Waals surface area contributed by atoms with Crippen LogP contribution >= 0.6 is 0 Å². The molecular formula is C17H30BNO5. The lowest BCUT2D eigenvalue weighted by atomic mass is 9.58. The van der Waals surface area contributed by atoms with Crippen LogP contribution in [-0.4, -0.2) is 61.2 Å². The maximum atomic E-state index is 12.5. The molecule has 3 rings (SSSR count). The molecule has 6 nitrogen and oxygen atoms in total. The lowest BCUT2D eigenvalue weighted by Gasteiger charge is -2.42. The third-order valence-electron chi connectivity index (χ3n) is 5.74.